The van der Waals surface area contributed by atoms with Crippen LogP contribution in [0.2, 0.25) is 0 Å². The largest absolute Gasteiger partial charge is 0.573 e. The van der Waals surface area contributed by atoms with Gasteiger partial charge in [0.2, 0.25) is 0 Å². The molecule has 1 aromatic rings. The maximum Gasteiger partial charge on any atom is 0.573 e. The lowest BCUT2D eigenvalue weighted by atomic mass is 10.1. The number of nitrogens with zero attached hydrogens (tertiary/aromatic N) is 2. The molecule has 0 saturated carbocycles. The zero-order chi connectivity index (χ0) is 13.1. The summed E-state index contributed by atoms with van der Waals surface area (Å²) in [6.07, 6.45) is -4.78. The van der Waals surface area contributed by atoms with Crippen molar-refractivity contribution in [2.75, 3.05) is 0 Å². The number of rotatable bonds is 3. The lowest BCUT2D eigenvalue weighted by molar-refractivity contribution is -0.275. The number of alkyl halides is 3. The molecule has 0 radical (unpaired) electrons. The summed E-state index contributed by atoms with van der Waals surface area (Å²) < 4.78 is 40.0. The molecule has 0 aromatic carbocycles. The maximum atomic E-state index is 12.1. The van der Waals surface area contributed by atoms with Crippen LogP contribution in [-0.2, 0) is 13.0 Å². The van der Waals surface area contributed by atoms with Crippen molar-refractivity contribution in [2.45, 2.75) is 19.3 Å². The van der Waals surface area contributed by atoms with Crippen LogP contribution in [-0.4, -0.2) is 11.3 Å². The van der Waals surface area contributed by atoms with Crippen molar-refractivity contribution in [1.82, 2.24) is 4.98 Å². The first kappa shape index (κ1) is 14.0. The van der Waals surface area contributed by atoms with E-state index in [1.54, 1.807) is 22.6 Å². The summed E-state index contributed by atoms with van der Waals surface area (Å²) in [5.41, 5.74) is 6.11. The standard InChI is InChI=1S/C9H7F3IN3O/c10-9(11,12)17-7-3-5(4-15)6(1-2-14)16-8(7)13/h3H,1,4,15H2. The molecule has 8 heteroatoms. The Morgan fingerprint density at radius 1 is 1.53 bits per heavy atom. The number of hydrogen-bond acceptors (Lipinski definition) is 4. The highest BCUT2D eigenvalue weighted by Crippen LogP contribution is 2.28. The van der Waals surface area contributed by atoms with Gasteiger partial charge in [-0.1, -0.05) is 0 Å². The zero-order valence-electron chi connectivity index (χ0n) is 8.38. The Labute approximate surface area is 109 Å². The molecule has 1 rings (SSSR count). The number of aromatic nitrogens is 1. The Hall–Kier alpha value is -1.08. The van der Waals surface area contributed by atoms with Crippen molar-refractivity contribution >= 4 is 22.6 Å². The predicted molar refractivity (Wildman–Crippen MR) is 60.8 cm³/mol. The number of hydrogen-bond donors (Lipinski definition) is 1. The van der Waals surface area contributed by atoms with Gasteiger partial charge in [0.05, 0.1) is 18.2 Å². The van der Waals surface area contributed by atoms with Crippen molar-refractivity contribution < 1.29 is 17.9 Å². The monoisotopic (exact) mass is 357 g/mol. The van der Waals surface area contributed by atoms with Crippen molar-refractivity contribution in [1.29, 1.82) is 5.26 Å². The molecule has 0 amide bonds. The molecule has 0 bridgehead atoms. The normalized spacial score (nSPS) is 11.1. The summed E-state index contributed by atoms with van der Waals surface area (Å²) >= 11 is 1.61. The van der Waals surface area contributed by atoms with Gasteiger partial charge in [0.15, 0.2) is 5.75 Å². The van der Waals surface area contributed by atoms with Crippen LogP contribution in [0, 0.1) is 15.0 Å². The molecule has 1 aromatic heterocycles. The lowest BCUT2D eigenvalue weighted by Crippen LogP contribution is -2.19. The van der Waals surface area contributed by atoms with E-state index >= 15 is 0 Å². The van der Waals surface area contributed by atoms with Gasteiger partial charge in [-0.2, -0.15) is 5.26 Å². The summed E-state index contributed by atoms with van der Waals surface area (Å²) in [6, 6.07) is 3.03. The van der Waals surface area contributed by atoms with Crippen molar-refractivity contribution in [3.8, 4) is 11.8 Å². The minimum absolute atomic E-state index is 0.00481. The van der Waals surface area contributed by atoms with Crippen LogP contribution in [0.4, 0.5) is 13.2 Å². The van der Waals surface area contributed by atoms with Gasteiger partial charge in [0.25, 0.3) is 0 Å². The van der Waals surface area contributed by atoms with Gasteiger partial charge in [-0.05, 0) is 34.2 Å². The quantitative estimate of drug-likeness (QED) is 0.665. The number of halogens is 4. The molecule has 0 aliphatic carbocycles. The van der Waals surface area contributed by atoms with Gasteiger partial charge in [-0.15, -0.1) is 13.2 Å². The smallest absolute Gasteiger partial charge is 0.403 e. The summed E-state index contributed by atoms with van der Waals surface area (Å²) in [5, 5.41) is 8.54. The lowest BCUT2D eigenvalue weighted by Gasteiger charge is -2.12. The molecule has 17 heavy (non-hydrogen) atoms. The van der Waals surface area contributed by atoms with Crippen LogP contribution in [0.5, 0.6) is 5.75 Å². The zero-order valence-corrected chi connectivity index (χ0v) is 10.5. The van der Waals surface area contributed by atoms with Crippen LogP contribution in [0.3, 0.4) is 0 Å². The topological polar surface area (TPSA) is 71.9 Å². The maximum absolute atomic E-state index is 12.1. The molecule has 0 unspecified atom stereocenters. The molecule has 0 aliphatic rings. The first-order valence-electron chi connectivity index (χ1n) is 4.38. The van der Waals surface area contributed by atoms with E-state index in [1.807, 2.05) is 6.07 Å². The number of nitrogens with two attached hydrogens (primary N) is 1. The SMILES string of the molecule is N#CCc1nc(I)c(OC(F)(F)F)cc1CN. The van der Waals surface area contributed by atoms with E-state index in [9.17, 15) is 13.2 Å². The fraction of sp³-hybridized carbons (Fsp3) is 0.333. The third kappa shape index (κ3) is 4.01. The van der Waals surface area contributed by atoms with E-state index in [2.05, 4.69) is 9.72 Å². The highest BCUT2D eigenvalue weighted by molar-refractivity contribution is 14.1. The van der Waals surface area contributed by atoms with Crippen LogP contribution in [0.25, 0.3) is 0 Å². The van der Waals surface area contributed by atoms with Crippen molar-refractivity contribution in [3.05, 3.63) is 21.0 Å². The molecule has 1 heterocycles. The third-order valence-corrected chi connectivity index (χ3v) is 2.58. The molecule has 92 valence electrons. The highest BCUT2D eigenvalue weighted by Gasteiger charge is 2.32. The Kier molecular flexibility index (Phi) is 4.53. The van der Waals surface area contributed by atoms with Crippen LogP contribution < -0.4 is 10.5 Å². The summed E-state index contributed by atoms with van der Waals surface area (Å²) in [7, 11) is 0. The van der Waals surface area contributed by atoms with Crippen LogP contribution in [0.15, 0.2) is 6.07 Å². The number of pyridine rings is 1. The number of ether oxygens (including phenoxy) is 1. The molecule has 0 atom stereocenters. The van der Waals surface area contributed by atoms with Crippen molar-refractivity contribution in [3.63, 3.8) is 0 Å². The van der Waals surface area contributed by atoms with Gasteiger partial charge < -0.3 is 10.5 Å². The van der Waals surface area contributed by atoms with E-state index in [0.29, 0.717) is 11.3 Å². The average molecular weight is 357 g/mol. The Morgan fingerprint density at radius 2 is 2.18 bits per heavy atom. The van der Waals surface area contributed by atoms with Crippen LogP contribution >= 0.6 is 22.6 Å². The first-order valence-corrected chi connectivity index (χ1v) is 5.46. The summed E-state index contributed by atoms with van der Waals surface area (Å²) in [4.78, 5) is 3.88. The molecular weight excluding hydrogens is 350 g/mol. The Morgan fingerprint density at radius 3 is 2.65 bits per heavy atom. The fourth-order valence-electron chi connectivity index (χ4n) is 1.15. The Bertz CT molecular complexity index is 456. The molecule has 2 N–H and O–H groups in total. The minimum Gasteiger partial charge on any atom is -0.403 e. The first-order chi connectivity index (χ1) is 7.87. The second kappa shape index (κ2) is 5.50. The second-order valence-electron chi connectivity index (χ2n) is 2.97. The molecule has 0 saturated heterocycles. The van der Waals surface area contributed by atoms with Crippen molar-refractivity contribution in [2.24, 2.45) is 5.73 Å². The van der Waals surface area contributed by atoms with Crippen LogP contribution in [0.1, 0.15) is 11.3 Å². The van der Waals surface area contributed by atoms with Gasteiger partial charge in [0, 0.05) is 6.54 Å². The summed E-state index contributed by atoms with van der Waals surface area (Å²) in [6.45, 7) is -0.00481. The van der Waals surface area contributed by atoms with Gasteiger partial charge in [-0.25, -0.2) is 4.98 Å². The van der Waals surface area contributed by atoms with E-state index in [-0.39, 0.29) is 16.7 Å². The second-order valence-corrected chi connectivity index (χ2v) is 3.99. The summed E-state index contributed by atoms with van der Waals surface area (Å²) in [5.74, 6) is -0.403. The number of nitriles is 1. The Balaban J connectivity index is 3.14. The molecule has 0 aliphatic heterocycles. The van der Waals surface area contributed by atoms with Gasteiger partial charge in [0.1, 0.15) is 3.70 Å². The molecular formula is C9H7F3IN3O. The van der Waals surface area contributed by atoms with E-state index in [0.717, 1.165) is 6.07 Å². The molecule has 0 fully saturated rings. The fourth-order valence-corrected chi connectivity index (χ4v) is 1.70. The van der Waals surface area contributed by atoms with E-state index in [4.69, 9.17) is 11.0 Å². The van der Waals surface area contributed by atoms with E-state index < -0.39 is 12.1 Å². The average Bonchev–Trinajstić information content (AvgIpc) is 2.20. The van der Waals surface area contributed by atoms with Gasteiger partial charge >= 0.3 is 6.36 Å². The minimum atomic E-state index is -4.77. The third-order valence-electron chi connectivity index (χ3n) is 1.80. The predicted octanol–water partition coefficient (Wildman–Crippen LogP) is 2.11. The highest BCUT2D eigenvalue weighted by atomic mass is 127. The molecule has 0 spiro atoms. The van der Waals surface area contributed by atoms with E-state index in [1.165, 1.54) is 0 Å². The molecule has 4 nitrogen and oxygen atoms in total. The van der Waals surface area contributed by atoms with Gasteiger partial charge in [-0.3, -0.25) is 0 Å².